The molecule has 1 fully saturated rings. The molecule has 0 aromatic heterocycles. The number of hydrogen-bond donors (Lipinski definition) is 1. The molecule has 0 bridgehead atoms. The Morgan fingerprint density at radius 1 is 1.37 bits per heavy atom. The molecule has 1 aromatic carbocycles. The van der Waals surface area contributed by atoms with Crippen LogP contribution in [0.5, 0.6) is 0 Å². The summed E-state index contributed by atoms with van der Waals surface area (Å²) in [7, 11) is -3.18. The third kappa shape index (κ3) is 3.89. The Hall–Kier alpha value is -1.87. The highest BCUT2D eigenvalue weighted by Gasteiger charge is 2.42. The van der Waals surface area contributed by atoms with Gasteiger partial charge in [0.1, 0.15) is 0 Å². The smallest absolute Gasteiger partial charge is 0.338 e. The van der Waals surface area contributed by atoms with E-state index in [9.17, 15) is 18.0 Å². The van der Waals surface area contributed by atoms with Crippen LogP contribution in [0.1, 0.15) is 31.9 Å². The van der Waals surface area contributed by atoms with Gasteiger partial charge in [0.15, 0.2) is 9.84 Å². The molecule has 0 saturated carbocycles. The van der Waals surface area contributed by atoms with Crippen molar-refractivity contribution in [3.05, 3.63) is 45.6 Å². The number of nitrogens with zero attached hydrogens (tertiary/aromatic N) is 1. The first kappa shape index (κ1) is 19.9. The molecular weight excluding hydrogens is 436 g/mol. The van der Waals surface area contributed by atoms with Gasteiger partial charge in [-0.25, -0.2) is 18.0 Å². The van der Waals surface area contributed by atoms with Crippen LogP contribution < -0.4 is 5.32 Å². The maximum absolute atomic E-state index is 12.8. The fraction of sp³-hybridized carbons (Fsp3) is 0.444. The van der Waals surface area contributed by atoms with Gasteiger partial charge in [-0.3, -0.25) is 4.90 Å². The minimum absolute atomic E-state index is 0.0388. The monoisotopic (exact) mass is 456 g/mol. The minimum Gasteiger partial charge on any atom is -0.463 e. The van der Waals surface area contributed by atoms with Crippen LogP contribution >= 0.6 is 15.9 Å². The van der Waals surface area contributed by atoms with E-state index in [4.69, 9.17) is 4.74 Å². The number of sulfone groups is 1. The third-order valence-corrected chi connectivity index (χ3v) is 7.28. The summed E-state index contributed by atoms with van der Waals surface area (Å²) >= 11 is 3.46. The van der Waals surface area contributed by atoms with E-state index >= 15 is 0 Å². The van der Waals surface area contributed by atoms with Crippen molar-refractivity contribution in [3.63, 3.8) is 0 Å². The molecule has 0 spiro atoms. The van der Waals surface area contributed by atoms with Crippen LogP contribution in [-0.2, 0) is 19.4 Å². The largest absolute Gasteiger partial charge is 0.463 e. The summed E-state index contributed by atoms with van der Waals surface area (Å²) in [6.45, 7) is 3.58. The van der Waals surface area contributed by atoms with Crippen LogP contribution in [0.3, 0.4) is 0 Å². The molecular formula is C18H21BrN2O5S. The minimum atomic E-state index is -3.18. The number of urea groups is 1. The second-order valence-electron chi connectivity index (χ2n) is 6.55. The Labute approximate surface area is 166 Å². The number of ether oxygens (including phenoxy) is 1. The van der Waals surface area contributed by atoms with Crippen molar-refractivity contribution in [1.82, 2.24) is 10.2 Å². The fourth-order valence-corrected chi connectivity index (χ4v) is 5.81. The number of carbonyl (C=O) groups excluding carboxylic acids is 2. The zero-order valence-corrected chi connectivity index (χ0v) is 17.5. The molecule has 2 aliphatic rings. The van der Waals surface area contributed by atoms with Gasteiger partial charge in [-0.1, -0.05) is 34.1 Å². The molecule has 3 rings (SSSR count). The number of carbonyl (C=O) groups is 2. The van der Waals surface area contributed by atoms with Crippen molar-refractivity contribution in [3.8, 4) is 0 Å². The zero-order valence-electron chi connectivity index (χ0n) is 15.1. The average molecular weight is 457 g/mol. The van der Waals surface area contributed by atoms with E-state index in [0.29, 0.717) is 17.7 Å². The van der Waals surface area contributed by atoms with Crippen molar-refractivity contribution in [2.24, 2.45) is 0 Å². The molecule has 2 aliphatic heterocycles. The molecule has 0 radical (unpaired) electrons. The van der Waals surface area contributed by atoms with Gasteiger partial charge in [0, 0.05) is 10.2 Å². The Kier molecular flexibility index (Phi) is 5.62. The second kappa shape index (κ2) is 7.63. The first-order valence-electron chi connectivity index (χ1n) is 8.67. The van der Waals surface area contributed by atoms with Gasteiger partial charge in [0.05, 0.1) is 35.8 Å². The van der Waals surface area contributed by atoms with Crippen molar-refractivity contribution >= 4 is 37.8 Å². The molecule has 1 N–H and O–H groups in total. The van der Waals surface area contributed by atoms with E-state index in [1.165, 1.54) is 4.90 Å². The SMILES string of the molecule is CCOC(=O)C1=C(C)N(C2CCS(=O)(=O)C2)C(=O)NC1c1ccccc1Br. The predicted molar refractivity (Wildman–Crippen MR) is 104 cm³/mol. The zero-order chi connectivity index (χ0) is 19.8. The normalized spacial score (nSPS) is 24.7. The number of rotatable bonds is 4. The van der Waals surface area contributed by atoms with Crippen molar-refractivity contribution in [1.29, 1.82) is 0 Å². The molecule has 2 heterocycles. The van der Waals surface area contributed by atoms with E-state index in [-0.39, 0.29) is 18.1 Å². The molecule has 2 unspecified atom stereocenters. The summed E-state index contributed by atoms with van der Waals surface area (Å²) in [5, 5.41) is 2.85. The molecule has 146 valence electrons. The summed E-state index contributed by atoms with van der Waals surface area (Å²) in [6, 6.07) is 5.73. The summed E-state index contributed by atoms with van der Waals surface area (Å²) < 4.78 is 29.7. The number of allylic oxidation sites excluding steroid dienone is 1. The average Bonchev–Trinajstić information content (AvgIpc) is 2.94. The molecule has 27 heavy (non-hydrogen) atoms. The van der Waals surface area contributed by atoms with Crippen molar-refractivity contribution in [2.45, 2.75) is 32.4 Å². The lowest BCUT2D eigenvalue weighted by molar-refractivity contribution is -0.139. The summed E-state index contributed by atoms with van der Waals surface area (Å²) in [6.07, 6.45) is 0.350. The van der Waals surface area contributed by atoms with Crippen LogP contribution in [0.15, 0.2) is 40.0 Å². The fourth-order valence-electron chi connectivity index (χ4n) is 3.59. The highest BCUT2D eigenvalue weighted by Crippen LogP contribution is 2.36. The van der Waals surface area contributed by atoms with Crippen LogP contribution in [0, 0.1) is 0 Å². The van der Waals surface area contributed by atoms with Crippen LogP contribution in [0.25, 0.3) is 0 Å². The number of esters is 1. The first-order chi connectivity index (χ1) is 12.7. The van der Waals surface area contributed by atoms with Gasteiger partial charge in [-0.2, -0.15) is 0 Å². The lowest BCUT2D eigenvalue weighted by atomic mass is 9.94. The summed E-state index contributed by atoms with van der Waals surface area (Å²) in [5.41, 5.74) is 1.47. The maximum atomic E-state index is 12.8. The predicted octanol–water partition coefficient (Wildman–Crippen LogP) is 2.54. The highest BCUT2D eigenvalue weighted by molar-refractivity contribution is 9.10. The van der Waals surface area contributed by atoms with E-state index in [2.05, 4.69) is 21.2 Å². The standard InChI is InChI=1S/C18H21BrN2O5S/c1-3-26-17(22)15-11(2)21(12-8-9-27(24,25)10-12)18(23)20-16(15)13-6-4-5-7-14(13)19/h4-7,12,16H,3,8-10H2,1-2H3,(H,20,23). The molecule has 2 atom stereocenters. The Balaban J connectivity index is 2.08. The second-order valence-corrected chi connectivity index (χ2v) is 9.63. The third-order valence-electron chi connectivity index (χ3n) is 4.81. The summed E-state index contributed by atoms with van der Waals surface area (Å²) in [5.74, 6) is -0.591. The molecule has 1 aromatic rings. The van der Waals surface area contributed by atoms with Crippen LogP contribution in [0.2, 0.25) is 0 Å². The maximum Gasteiger partial charge on any atom is 0.338 e. The van der Waals surface area contributed by atoms with Crippen LogP contribution in [0.4, 0.5) is 4.79 Å². The van der Waals surface area contributed by atoms with Gasteiger partial charge >= 0.3 is 12.0 Å². The number of amides is 2. The number of halogens is 1. The van der Waals surface area contributed by atoms with Gasteiger partial charge < -0.3 is 10.1 Å². The first-order valence-corrected chi connectivity index (χ1v) is 11.3. The highest BCUT2D eigenvalue weighted by atomic mass is 79.9. The number of hydrogen-bond acceptors (Lipinski definition) is 5. The van der Waals surface area contributed by atoms with Gasteiger partial charge in [-0.15, -0.1) is 0 Å². The van der Waals surface area contributed by atoms with E-state index in [1.807, 2.05) is 24.3 Å². The Bertz CT molecular complexity index is 912. The van der Waals surface area contributed by atoms with Crippen LogP contribution in [-0.4, -0.2) is 49.5 Å². The van der Waals surface area contributed by atoms with Crippen molar-refractivity contribution < 1.29 is 22.7 Å². The molecule has 1 saturated heterocycles. The summed E-state index contributed by atoms with van der Waals surface area (Å²) in [4.78, 5) is 26.9. The van der Waals surface area contributed by atoms with Gasteiger partial charge in [-0.05, 0) is 31.9 Å². The van der Waals surface area contributed by atoms with E-state index in [1.54, 1.807) is 13.8 Å². The molecule has 7 nitrogen and oxygen atoms in total. The van der Waals surface area contributed by atoms with E-state index < -0.39 is 33.9 Å². The number of benzene rings is 1. The topological polar surface area (TPSA) is 92.8 Å². The molecule has 2 amide bonds. The van der Waals surface area contributed by atoms with Gasteiger partial charge in [0.25, 0.3) is 0 Å². The van der Waals surface area contributed by atoms with Gasteiger partial charge in [0.2, 0.25) is 0 Å². The number of nitrogens with one attached hydrogen (secondary N) is 1. The lowest BCUT2D eigenvalue weighted by Crippen LogP contribution is -2.52. The quantitative estimate of drug-likeness (QED) is 0.702. The van der Waals surface area contributed by atoms with Crippen molar-refractivity contribution in [2.75, 3.05) is 18.1 Å². The Morgan fingerprint density at radius 2 is 2.07 bits per heavy atom. The molecule has 0 aliphatic carbocycles. The van der Waals surface area contributed by atoms with E-state index in [0.717, 1.165) is 10.0 Å². The Morgan fingerprint density at radius 3 is 2.67 bits per heavy atom. The molecule has 9 heteroatoms. The lowest BCUT2D eigenvalue weighted by Gasteiger charge is -2.38.